The van der Waals surface area contributed by atoms with Crippen molar-refractivity contribution < 1.29 is 9.84 Å². The average Bonchev–Trinajstić information content (AvgIpc) is 2.39. The molecular weight excluding hydrogens is 236 g/mol. The summed E-state index contributed by atoms with van der Waals surface area (Å²) in [6.07, 6.45) is 5.33. The Morgan fingerprint density at radius 3 is 2.79 bits per heavy atom. The summed E-state index contributed by atoms with van der Waals surface area (Å²) in [4.78, 5) is 0. The van der Waals surface area contributed by atoms with E-state index in [0.29, 0.717) is 5.92 Å². The second-order valence-electron chi connectivity index (χ2n) is 6.44. The Morgan fingerprint density at radius 1 is 1.32 bits per heavy atom. The fraction of sp³-hybridized carbons (Fsp3) is 0.647. The minimum atomic E-state index is -0.332. The normalized spacial score (nSPS) is 27.0. The van der Waals surface area contributed by atoms with Crippen LogP contribution in [0.3, 0.4) is 0 Å². The summed E-state index contributed by atoms with van der Waals surface area (Å²) in [5, 5.41) is 10.7. The summed E-state index contributed by atoms with van der Waals surface area (Å²) in [6.45, 7) is 5.00. The lowest BCUT2D eigenvalue weighted by molar-refractivity contribution is -0.157. The molecule has 1 aliphatic heterocycles. The third-order valence-corrected chi connectivity index (χ3v) is 5.00. The third-order valence-electron chi connectivity index (χ3n) is 5.00. The van der Waals surface area contributed by atoms with Gasteiger partial charge in [-0.3, -0.25) is 0 Å². The van der Waals surface area contributed by atoms with Crippen LogP contribution in [-0.4, -0.2) is 17.3 Å². The van der Waals surface area contributed by atoms with Gasteiger partial charge in [0.25, 0.3) is 0 Å². The quantitative estimate of drug-likeness (QED) is 0.879. The van der Waals surface area contributed by atoms with Crippen LogP contribution in [0.2, 0.25) is 0 Å². The smallest absolute Gasteiger partial charge is 0.0822 e. The van der Waals surface area contributed by atoms with Crippen molar-refractivity contribution in [3.63, 3.8) is 0 Å². The SMILES string of the molecule is Cc1ccc(C)c(C(O)C2CCOC3(CCC3)C2)c1. The molecular formula is C17H24O2. The van der Waals surface area contributed by atoms with Gasteiger partial charge in [0, 0.05) is 6.61 Å². The van der Waals surface area contributed by atoms with Crippen molar-refractivity contribution in [3.05, 3.63) is 34.9 Å². The molecule has 19 heavy (non-hydrogen) atoms. The molecule has 1 N–H and O–H groups in total. The molecule has 2 atom stereocenters. The van der Waals surface area contributed by atoms with Gasteiger partial charge in [-0.1, -0.05) is 23.8 Å². The van der Waals surface area contributed by atoms with Gasteiger partial charge in [-0.25, -0.2) is 0 Å². The Kier molecular flexibility index (Phi) is 3.40. The van der Waals surface area contributed by atoms with E-state index in [-0.39, 0.29) is 11.7 Å². The Hall–Kier alpha value is -0.860. The Bertz CT molecular complexity index is 462. The first-order chi connectivity index (χ1) is 9.10. The first-order valence-corrected chi connectivity index (χ1v) is 7.49. The molecule has 1 spiro atoms. The van der Waals surface area contributed by atoms with E-state index in [0.717, 1.165) is 25.0 Å². The summed E-state index contributed by atoms with van der Waals surface area (Å²) in [5.41, 5.74) is 3.65. The van der Waals surface area contributed by atoms with Crippen LogP contribution >= 0.6 is 0 Å². The van der Waals surface area contributed by atoms with Crippen LogP contribution in [0.25, 0.3) is 0 Å². The van der Waals surface area contributed by atoms with E-state index < -0.39 is 0 Å². The van der Waals surface area contributed by atoms with Crippen molar-refractivity contribution >= 4 is 0 Å². The standard InChI is InChI=1S/C17H24O2/c1-12-4-5-13(2)15(10-12)16(18)14-6-9-19-17(11-14)7-3-8-17/h4-5,10,14,16,18H,3,6-9,11H2,1-2H3. The molecule has 1 saturated heterocycles. The molecule has 2 heteroatoms. The first-order valence-electron chi connectivity index (χ1n) is 7.49. The highest BCUT2D eigenvalue weighted by molar-refractivity contribution is 5.32. The van der Waals surface area contributed by atoms with Crippen LogP contribution in [0.4, 0.5) is 0 Å². The molecule has 0 radical (unpaired) electrons. The average molecular weight is 260 g/mol. The van der Waals surface area contributed by atoms with E-state index in [2.05, 4.69) is 32.0 Å². The number of aliphatic hydroxyl groups is 1. The molecule has 2 nitrogen and oxygen atoms in total. The molecule has 1 aromatic carbocycles. The molecule has 3 rings (SSSR count). The molecule has 2 unspecified atom stereocenters. The van der Waals surface area contributed by atoms with Crippen molar-refractivity contribution in [3.8, 4) is 0 Å². The van der Waals surface area contributed by atoms with Crippen molar-refractivity contribution in [2.24, 2.45) is 5.92 Å². The molecule has 1 heterocycles. The van der Waals surface area contributed by atoms with Crippen molar-refractivity contribution in [2.75, 3.05) is 6.61 Å². The van der Waals surface area contributed by atoms with E-state index in [1.54, 1.807) is 0 Å². The van der Waals surface area contributed by atoms with Gasteiger partial charge < -0.3 is 9.84 Å². The van der Waals surface area contributed by atoms with E-state index in [4.69, 9.17) is 4.74 Å². The number of hydrogen-bond donors (Lipinski definition) is 1. The minimum Gasteiger partial charge on any atom is -0.388 e. The van der Waals surface area contributed by atoms with Crippen LogP contribution in [0.5, 0.6) is 0 Å². The minimum absolute atomic E-state index is 0.113. The molecule has 104 valence electrons. The largest absolute Gasteiger partial charge is 0.388 e. The molecule has 0 bridgehead atoms. The number of rotatable bonds is 2. The van der Waals surface area contributed by atoms with Crippen LogP contribution in [0, 0.1) is 19.8 Å². The van der Waals surface area contributed by atoms with E-state index in [9.17, 15) is 5.11 Å². The van der Waals surface area contributed by atoms with Crippen LogP contribution in [-0.2, 0) is 4.74 Å². The summed E-state index contributed by atoms with van der Waals surface area (Å²) in [5.74, 6) is 0.356. The second-order valence-corrected chi connectivity index (χ2v) is 6.44. The van der Waals surface area contributed by atoms with Gasteiger partial charge in [0.15, 0.2) is 0 Å². The molecule has 2 fully saturated rings. The maximum atomic E-state index is 10.7. The number of benzene rings is 1. The maximum absolute atomic E-state index is 10.7. The van der Waals surface area contributed by atoms with Crippen molar-refractivity contribution in [1.29, 1.82) is 0 Å². The lowest BCUT2D eigenvalue weighted by Crippen LogP contribution is -2.46. The highest BCUT2D eigenvalue weighted by atomic mass is 16.5. The zero-order valence-electron chi connectivity index (χ0n) is 12.0. The highest BCUT2D eigenvalue weighted by Gasteiger charge is 2.44. The van der Waals surface area contributed by atoms with Gasteiger partial charge in [0.2, 0.25) is 0 Å². The Morgan fingerprint density at radius 2 is 2.11 bits per heavy atom. The molecule has 0 amide bonds. The van der Waals surface area contributed by atoms with Gasteiger partial charge in [0.1, 0.15) is 0 Å². The van der Waals surface area contributed by atoms with E-state index in [1.807, 2.05) is 0 Å². The van der Waals surface area contributed by atoms with Crippen LogP contribution in [0.15, 0.2) is 18.2 Å². The topological polar surface area (TPSA) is 29.5 Å². The molecule has 1 saturated carbocycles. The number of aryl methyl sites for hydroxylation is 2. The predicted molar refractivity (Wildman–Crippen MR) is 76.1 cm³/mol. The summed E-state index contributed by atoms with van der Waals surface area (Å²) in [7, 11) is 0. The van der Waals surface area contributed by atoms with Crippen molar-refractivity contribution in [2.45, 2.75) is 57.7 Å². The van der Waals surface area contributed by atoms with Gasteiger partial charge in [-0.15, -0.1) is 0 Å². The third kappa shape index (κ3) is 2.44. The molecule has 0 aromatic heterocycles. The lowest BCUT2D eigenvalue weighted by atomic mass is 9.70. The molecule has 2 aliphatic rings. The van der Waals surface area contributed by atoms with Gasteiger partial charge in [0.05, 0.1) is 11.7 Å². The van der Waals surface area contributed by atoms with Crippen LogP contribution in [0.1, 0.15) is 54.9 Å². The monoisotopic (exact) mass is 260 g/mol. The number of ether oxygens (including phenoxy) is 1. The summed E-state index contributed by atoms with van der Waals surface area (Å²) in [6, 6.07) is 6.37. The first kappa shape index (κ1) is 13.1. The summed E-state index contributed by atoms with van der Waals surface area (Å²) < 4.78 is 5.96. The number of aliphatic hydroxyl groups excluding tert-OH is 1. The van der Waals surface area contributed by atoms with Gasteiger partial charge in [-0.05, 0) is 63.0 Å². The van der Waals surface area contributed by atoms with Crippen LogP contribution < -0.4 is 0 Å². The Balaban J connectivity index is 1.79. The van der Waals surface area contributed by atoms with Crippen molar-refractivity contribution in [1.82, 2.24) is 0 Å². The fourth-order valence-corrected chi connectivity index (χ4v) is 3.59. The highest BCUT2D eigenvalue weighted by Crippen LogP contribution is 2.47. The molecule has 1 aliphatic carbocycles. The zero-order chi connectivity index (χ0) is 13.5. The van der Waals surface area contributed by atoms with Gasteiger partial charge >= 0.3 is 0 Å². The zero-order valence-corrected chi connectivity index (χ0v) is 12.0. The molecule has 1 aromatic rings. The summed E-state index contributed by atoms with van der Waals surface area (Å²) >= 11 is 0. The van der Waals surface area contributed by atoms with E-state index in [1.165, 1.54) is 30.4 Å². The van der Waals surface area contributed by atoms with Gasteiger partial charge in [-0.2, -0.15) is 0 Å². The second kappa shape index (κ2) is 4.92. The fourth-order valence-electron chi connectivity index (χ4n) is 3.59. The Labute approximate surface area is 115 Å². The lowest BCUT2D eigenvalue weighted by Gasteiger charge is -2.48. The predicted octanol–water partition coefficient (Wildman–Crippen LogP) is 3.69. The number of hydrogen-bond acceptors (Lipinski definition) is 2. The van der Waals surface area contributed by atoms with E-state index >= 15 is 0 Å². The maximum Gasteiger partial charge on any atom is 0.0822 e.